The fraction of sp³-hybridized carbons (Fsp3) is 0.438. The standard InChI is InChI=1S/C16H19N3O4/c1-11-10-23-18-14(11)17-15(20)16(21)19(12-5-2-3-6-12)9-13-7-4-8-22-13/h4,7-8,10,12H,2-3,5-6,9H2,1H3,(H,17,18,20). The van der Waals surface area contributed by atoms with Crippen molar-refractivity contribution in [2.75, 3.05) is 5.32 Å². The van der Waals surface area contributed by atoms with E-state index in [9.17, 15) is 9.59 Å². The number of carbonyl (C=O) groups is 2. The van der Waals surface area contributed by atoms with E-state index in [1.165, 1.54) is 6.26 Å². The molecule has 122 valence electrons. The Morgan fingerprint density at radius 2 is 2.17 bits per heavy atom. The van der Waals surface area contributed by atoms with Gasteiger partial charge in [-0.3, -0.25) is 14.9 Å². The smallest absolute Gasteiger partial charge is 0.315 e. The van der Waals surface area contributed by atoms with Crippen LogP contribution in [-0.4, -0.2) is 27.9 Å². The number of carbonyl (C=O) groups excluding carboxylic acids is 2. The Labute approximate surface area is 133 Å². The van der Waals surface area contributed by atoms with Gasteiger partial charge in [-0.25, -0.2) is 0 Å². The van der Waals surface area contributed by atoms with E-state index in [2.05, 4.69) is 10.5 Å². The van der Waals surface area contributed by atoms with Crippen molar-refractivity contribution in [3.05, 3.63) is 36.0 Å². The normalized spacial score (nSPS) is 14.8. The summed E-state index contributed by atoms with van der Waals surface area (Å²) in [5, 5.41) is 6.18. The molecule has 1 fully saturated rings. The summed E-state index contributed by atoms with van der Waals surface area (Å²) < 4.78 is 10.1. The number of amides is 2. The van der Waals surface area contributed by atoms with Gasteiger partial charge in [0.1, 0.15) is 12.0 Å². The highest BCUT2D eigenvalue weighted by Gasteiger charge is 2.31. The van der Waals surface area contributed by atoms with Crippen LogP contribution in [0.2, 0.25) is 0 Å². The van der Waals surface area contributed by atoms with Gasteiger partial charge in [0.25, 0.3) is 0 Å². The summed E-state index contributed by atoms with van der Waals surface area (Å²) in [6, 6.07) is 3.64. The molecule has 1 aliphatic rings. The third kappa shape index (κ3) is 3.44. The van der Waals surface area contributed by atoms with Crippen LogP contribution in [0.1, 0.15) is 37.0 Å². The third-order valence-electron chi connectivity index (χ3n) is 4.11. The molecule has 2 amide bonds. The minimum Gasteiger partial charge on any atom is -0.467 e. The lowest BCUT2D eigenvalue weighted by Crippen LogP contribution is -2.44. The fourth-order valence-electron chi connectivity index (χ4n) is 2.85. The van der Waals surface area contributed by atoms with Crippen molar-refractivity contribution in [1.29, 1.82) is 0 Å². The molecule has 23 heavy (non-hydrogen) atoms. The highest BCUT2D eigenvalue weighted by atomic mass is 16.5. The van der Waals surface area contributed by atoms with Crippen LogP contribution in [0.5, 0.6) is 0 Å². The van der Waals surface area contributed by atoms with Crippen molar-refractivity contribution in [2.24, 2.45) is 0 Å². The van der Waals surface area contributed by atoms with Crippen LogP contribution in [0.4, 0.5) is 5.82 Å². The molecule has 2 aromatic heterocycles. The maximum atomic E-state index is 12.6. The lowest BCUT2D eigenvalue weighted by atomic mass is 10.2. The third-order valence-corrected chi connectivity index (χ3v) is 4.11. The van der Waals surface area contributed by atoms with Crippen LogP contribution in [0.25, 0.3) is 0 Å². The molecule has 2 heterocycles. The van der Waals surface area contributed by atoms with Gasteiger partial charge in [-0.05, 0) is 31.9 Å². The molecule has 0 saturated heterocycles. The van der Waals surface area contributed by atoms with E-state index in [4.69, 9.17) is 8.94 Å². The number of aromatic nitrogens is 1. The molecular formula is C16H19N3O4. The molecule has 7 heteroatoms. The number of hydrogen-bond donors (Lipinski definition) is 1. The molecule has 0 spiro atoms. The Morgan fingerprint density at radius 1 is 1.39 bits per heavy atom. The van der Waals surface area contributed by atoms with Crippen LogP contribution in [0.3, 0.4) is 0 Å². The van der Waals surface area contributed by atoms with Crippen molar-refractivity contribution in [3.8, 4) is 0 Å². The van der Waals surface area contributed by atoms with Gasteiger partial charge in [-0.1, -0.05) is 18.0 Å². The van der Waals surface area contributed by atoms with Gasteiger partial charge in [-0.2, -0.15) is 0 Å². The second-order valence-electron chi connectivity index (χ2n) is 5.75. The maximum absolute atomic E-state index is 12.6. The quantitative estimate of drug-likeness (QED) is 0.875. The second kappa shape index (κ2) is 6.68. The second-order valence-corrected chi connectivity index (χ2v) is 5.75. The molecule has 0 radical (unpaired) electrons. The van der Waals surface area contributed by atoms with Gasteiger partial charge >= 0.3 is 11.8 Å². The van der Waals surface area contributed by atoms with Gasteiger partial charge in [0, 0.05) is 11.6 Å². The molecule has 1 aliphatic carbocycles. The minimum atomic E-state index is -0.708. The maximum Gasteiger partial charge on any atom is 0.315 e. The van der Waals surface area contributed by atoms with Crippen molar-refractivity contribution < 1.29 is 18.5 Å². The van der Waals surface area contributed by atoms with E-state index in [0.717, 1.165) is 25.7 Å². The minimum absolute atomic E-state index is 0.0664. The Kier molecular flexibility index (Phi) is 4.45. The number of aryl methyl sites for hydroxylation is 1. The Hall–Kier alpha value is -2.57. The molecule has 0 atom stereocenters. The topological polar surface area (TPSA) is 88.6 Å². The van der Waals surface area contributed by atoms with Crippen LogP contribution in [0.15, 0.2) is 33.6 Å². The number of nitrogens with zero attached hydrogens (tertiary/aromatic N) is 2. The first-order valence-electron chi connectivity index (χ1n) is 7.70. The van der Waals surface area contributed by atoms with Crippen LogP contribution < -0.4 is 5.32 Å². The van der Waals surface area contributed by atoms with E-state index >= 15 is 0 Å². The van der Waals surface area contributed by atoms with Crippen molar-refractivity contribution in [1.82, 2.24) is 10.1 Å². The van der Waals surface area contributed by atoms with E-state index in [1.807, 2.05) is 0 Å². The number of nitrogens with one attached hydrogen (secondary N) is 1. The van der Waals surface area contributed by atoms with E-state index in [-0.39, 0.29) is 11.9 Å². The van der Waals surface area contributed by atoms with E-state index in [0.29, 0.717) is 17.9 Å². The summed E-state index contributed by atoms with van der Waals surface area (Å²) in [6.07, 6.45) is 6.92. The molecule has 1 N–H and O–H groups in total. The van der Waals surface area contributed by atoms with E-state index in [1.54, 1.807) is 30.2 Å². The molecular weight excluding hydrogens is 298 g/mol. The molecule has 7 nitrogen and oxygen atoms in total. The average molecular weight is 317 g/mol. The fourth-order valence-corrected chi connectivity index (χ4v) is 2.85. The number of furan rings is 1. The van der Waals surface area contributed by atoms with Gasteiger partial charge in [0.2, 0.25) is 0 Å². The summed E-state index contributed by atoms with van der Waals surface area (Å²) in [7, 11) is 0. The summed E-state index contributed by atoms with van der Waals surface area (Å²) in [4.78, 5) is 26.5. The van der Waals surface area contributed by atoms with Crippen molar-refractivity contribution in [3.63, 3.8) is 0 Å². The summed E-state index contributed by atoms with van der Waals surface area (Å²) in [6.45, 7) is 2.04. The molecule has 1 saturated carbocycles. The number of anilines is 1. The molecule has 2 aromatic rings. The first kappa shape index (κ1) is 15.3. The highest BCUT2D eigenvalue weighted by molar-refractivity contribution is 6.39. The molecule has 0 bridgehead atoms. The zero-order valence-corrected chi connectivity index (χ0v) is 12.9. The summed E-state index contributed by atoms with van der Waals surface area (Å²) in [5.74, 6) is -0.348. The van der Waals surface area contributed by atoms with Crippen LogP contribution >= 0.6 is 0 Å². The molecule has 0 aliphatic heterocycles. The monoisotopic (exact) mass is 317 g/mol. The zero-order valence-electron chi connectivity index (χ0n) is 12.9. The van der Waals surface area contributed by atoms with Crippen LogP contribution in [-0.2, 0) is 16.1 Å². The molecule has 0 aromatic carbocycles. The highest BCUT2D eigenvalue weighted by Crippen LogP contribution is 2.25. The summed E-state index contributed by atoms with van der Waals surface area (Å²) >= 11 is 0. The largest absolute Gasteiger partial charge is 0.467 e. The molecule has 0 unspecified atom stereocenters. The first-order valence-corrected chi connectivity index (χ1v) is 7.70. The predicted molar refractivity (Wildman–Crippen MR) is 81.4 cm³/mol. The Morgan fingerprint density at radius 3 is 2.78 bits per heavy atom. The SMILES string of the molecule is Cc1conc1NC(=O)C(=O)N(Cc1ccco1)C1CCCC1. The van der Waals surface area contributed by atoms with Gasteiger partial charge in [0.15, 0.2) is 5.82 Å². The molecule has 3 rings (SSSR count). The van der Waals surface area contributed by atoms with Gasteiger partial charge in [0.05, 0.1) is 12.8 Å². The van der Waals surface area contributed by atoms with Crippen LogP contribution in [0, 0.1) is 6.92 Å². The number of rotatable bonds is 4. The Balaban J connectivity index is 1.73. The Bertz CT molecular complexity index is 671. The van der Waals surface area contributed by atoms with Gasteiger partial charge in [-0.15, -0.1) is 0 Å². The zero-order chi connectivity index (χ0) is 16.2. The van der Waals surface area contributed by atoms with Crippen molar-refractivity contribution in [2.45, 2.75) is 45.2 Å². The van der Waals surface area contributed by atoms with Gasteiger partial charge < -0.3 is 13.8 Å². The van der Waals surface area contributed by atoms with E-state index < -0.39 is 11.8 Å². The predicted octanol–water partition coefficient (Wildman–Crippen LogP) is 2.49. The number of hydrogen-bond acceptors (Lipinski definition) is 5. The lowest BCUT2D eigenvalue weighted by molar-refractivity contribution is -0.145. The first-order chi connectivity index (χ1) is 11.1. The average Bonchev–Trinajstić information content (AvgIpc) is 3.27. The van der Waals surface area contributed by atoms with Crippen molar-refractivity contribution >= 4 is 17.6 Å². The lowest BCUT2D eigenvalue weighted by Gasteiger charge is -2.27. The summed E-state index contributed by atoms with van der Waals surface area (Å²) in [5.41, 5.74) is 0.671.